The number of rotatable bonds is 8. The molecule has 0 spiro atoms. The lowest BCUT2D eigenvalue weighted by Gasteiger charge is -2.10. The Bertz CT molecular complexity index is 1080. The van der Waals surface area contributed by atoms with Crippen LogP contribution in [0.1, 0.15) is 30.8 Å². The average Bonchev–Trinajstić information content (AvgIpc) is 3.18. The lowest BCUT2D eigenvalue weighted by atomic mass is 10.1. The van der Waals surface area contributed by atoms with E-state index in [1.807, 2.05) is 12.1 Å². The number of aromatic nitrogens is 3. The van der Waals surface area contributed by atoms with E-state index >= 15 is 0 Å². The minimum atomic E-state index is 0.418. The number of benzene rings is 3. The molecule has 3 aromatic carbocycles. The van der Waals surface area contributed by atoms with Crippen molar-refractivity contribution in [3.8, 4) is 5.75 Å². The molecule has 0 saturated heterocycles. The van der Waals surface area contributed by atoms with Gasteiger partial charge in [-0.15, -0.1) is 10.2 Å². The zero-order valence-electron chi connectivity index (χ0n) is 16.8. The van der Waals surface area contributed by atoms with Crippen LogP contribution in [0.25, 0.3) is 10.8 Å². The first-order valence-electron chi connectivity index (χ1n) is 10.0. The van der Waals surface area contributed by atoms with Crippen LogP contribution in [0.3, 0.4) is 0 Å². The average molecular weight is 404 g/mol. The molecule has 148 valence electrons. The molecule has 4 rings (SSSR count). The molecule has 29 heavy (non-hydrogen) atoms. The van der Waals surface area contributed by atoms with E-state index in [1.165, 1.54) is 21.9 Å². The van der Waals surface area contributed by atoms with Crippen molar-refractivity contribution in [3.05, 3.63) is 83.7 Å². The first-order chi connectivity index (χ1) is 14.3. The van der Waals surface area contributed by atoms with E-state index in [4.69, 9.17) is 4.74 Å². The van der Waals surface area contributed by atoms with Crippen LogP contribution in [0.5, 0.6) is 5.75 Å². The number of ether oxygens (including phenoxy) is 1. The van der Waals surface area contributed by atoms with E-state index in [0.717, 1.165) is 35.4 Å². The molecule has 0 aliphatic heterocycles. The monoisotopic (exact) mass is 403 g/mol. The molecule has 0 amide bonds. The highest BCUT2D eigenvalue weighted by atomic mass is 32.2. The minimum absolute atomic E-state index is 0.418. The first kappa shape index (κ1) is 19.5. The summed E-state index contributed by atoms with van der Waals surface area (Å²) in [6.45, 7) is 5.50. The second-order valence-electron chi connectivity index (χ2n) is 6.86. The summed E-state index contributed by atoms with van der Waals surface area (Å²) in [5.74, 6) is 2.57. The maximum atomic E-state index is 5.94. The summed E-state index contributed by atoms with van der Waals surface area (Å²) in [7, 11) is 0. The highest BCUT2D eigenvalue weighted by Crippen LogP contribution is 2.27. The fourth-order valence-corrected chi connectivity index (χ4v) is 4.41. The van der Waals surface area contributed by atoms with Gasteiger partial charge in [-0.3, -0.25) is 0 Å². The van der Waals surface area contributed by atoms with Crippen LogP contribution in [0.4, 0.5) is 0 Å². The highest BCUT2D eigenvalue weighted by Gasteiger charge is 2.13. The minimum Gasteiger partial charge on any atom is -0.486 e. The van der Waals surface area contributed by atoms with Crippen molar-refractivity contribution in [1.29, 1.82) is 0 Å². The smallest absolute Gasteiger partial charge is 0.191 e. The fraction of sp³-hybridized carbons (Fsp3) is 0.250. The predicted molar refractivity (Wildman–Crippen MR) is 119 cm³/mol. The Morgan fingerprint density at radius 2 is 1.69 bits per heavy atom. The van der Waals surface area contributed by atoms with Gasteiger partial charge in [-0.2, -0.15) is 0 Å². The lowest BCUT2D eigenvalue weighted by molar-refractivity contribution is 0.288. The largest absolute Gasteiger partial charge is 0.486 e. The van der Waals surface area contributed by atoms with Crippen molar-refractivity contribution in [3.63, 3.8) is 0 Å². The summed E-state index contributed by atoms with van der Waals surface area (Å²) in [5.41, 5.74) is 2.62. The molecule has 0 bridgehead atoms. The first-order valence-corrected chi connectivity index (χ1v) is 11.0. The number of fused-ring (bicyclic) bond motifs is 1. The van der Waals surface area contributed by atoms with Gasteiger partial charge in [-0.25, -0.2) is 0 Å². The number of aryl methyl sites for hydroxylation is 1. The standard InChI is InChI=1S/C24H25N3OS/c1-3-18-12-14-21(15-13-18)28-16-23-25-26-24(27(23)4-2)29-17-20-10-7-9-19-8-5-6-11-22(19)20/h5-15H,3-4,16-17H2,1-2H3. The van der Waals surface area contributed by atoms with Crippen molar-refractivity contribution in [1.82, 2.24) is 14.8 Å². The quantitative estimate of drug-likeness (QED) is 0.344. The van der Waals surface area contributed by atoms with E-state index in [9.17, 15) is 0 Å². The van der Waals surface area contributed by atoms with E-state index in [2.05, 4.69) is 83.2 Å². The van der Waals surface area contributed by atoms with Gasteiger partial charge < -0.3 is 9.30 Å². The Kier molecular flexibility index (Phi) is 6.15. The Morgan fingerprint density at radius 3 is 2.48 bits per heavy atom. The molecule has 0 atom stereocenters. The predicted octanol–water partition coefficient (Wildman–Crippen LogP) is 5.88. The summed E-state index contributed by atoms with van der Waals surface area (Å²) in [6, 6.07) is 23.2. The van der Waals surface area contributed by atoms with E-state index in [1.54, 1.807) is 11.8 Å². The number of hydrogen-bond donors (Lipinski definition) is 0. The summed E-state index contributed by atoms with van der Waals surface area (Å²) in [4.78, 5) is 0. The van der Waals surface area contributed by atoms with Crippen LogP contribution in [0.2, 0.25) is 0 Å². The highest BCUT2D eigenvalue weighted by molar-refractivity contribution is 7.98. The van der Waals surface area contributed by atoms with Crippen LogP contribution in [0.15, 0.2) is 71.9 Å². The van der Waals surface area contributed by atoms with E-state index in [-0.39, 0.29) is 0 Å². The van der Waals surface area contributed by atoms with Gasteiger partial charge in [0.15, 0.2) is 11.0 Å². The van der Waals surface area contributed by atoms with Gasteiger partial charge >= 0.3 is 0 Å². The van der Waals surface area contributed by atoms with Crippen molar-refractivity contribution >= 4 is 22.5 Å². The molecule has 5 heteroatoms. The SMILES string of the molecule is CCc1ccc(OCc2nnc(SCc3cccc4ccccc34)n2CC)cc1. The lowest BCUT2D eigenvalue weighted by Crippen LogP contribution is -2.07. The molecule has 1 aromatic heterocycles. The number of hydrogen-bond acceptors (Lipinski definition) is 4. The van der Waals surface area contributed by atoms with Crippen molar-refractivity contribution in [2.75, 3.05) is 0 Å². The molecule has 1 heterocycles. The third-order valence-corrected chi connectivity index (χ3v) is 6.06. The van der Waals surface area contributed by atoms with Gasteiger partial charge in [0.05, 0.1) is 0 Å². The number of nitrogens with zero attached hydrogens (tertiary/aromatic N) is 3. The zero-order chi connectivity index (χ0) is 20.1. The Balaban J connectivity index is 1.45. The van der Waals surface area contributed by atoms with Crippen molar-refractivity contribution in [2.24, 2.45) is 0 Å². The molecular formula is C24H25N3OS. The molecular weight excluding hydrogens is 378 g/mol. The molecule has 0 N–H and O–H groups in total. The summed E-state index contributed by atoms with van der Waals surface area (Å²) in [5, 5.41) is 12.3. The van der Waals surface area contributed by atoms with Crippen LogP contribution in [-0.2, 0) is 25.3 Å². The van der Waals surface area contributed by atoms with E-state index < -0.39 is 0 Å². The molecule has 0 saturated carbocycles. The second kappa shape index (κ2) is 9.14. The Hall–Kier alpha value is -2.79. The molecule has 4 nitrogen and oxygen atoms in total. The van der Waals surface area contributed by atoms with Crippen LogP contribution in [-0.4, -0.2) is 14.8 Å². The van der Waals surface area contributed by atoms with Gasteiger partial charge in [-0.1, -0.05) is 73.3 Å². The van der Waals surface area contributed by atoms with Crippen LogP contribution < -0.4 is 4.74 Å². The number of thioether (sulfide) groups is 1. The molecule has 0 fully saturated rings. The zero-order valence-corrected chi connectivity index (χ0v) is 17.7. The summed E-state index contributed by atoms with van der Waals surface area (Å²) < 4.78 is 8.07. The Labute approximate surface area is 175 Å². The molecule has 4 aromatic rings. The third kappa shape index (κ3) is 4.46. The van der Waals surface area contributed by atoms with Gasteiger partial charge in [-0.05, 0) is 47.4 Å². The maximum absolute atomic E-state index is 5.94. The van der Waals surface area contributed by atoms with Gasteiger partial charge in [0.2, 0.25) is 0 Å². The molecule has 0 radical (unpaired) electrons. The topological polar surface area (TPSA) is 39.9 Å². The van der Waals surface area contributed by atoms with Gasteiger partial charge in [0.25, 0.3) is 0 Å². The third-order valence-electron chi connectivity index (χ3n) is 5.05. The summed E-state index contributed by atoms with van der Waals surface area (Å²) >= 11 is 1.72. The second-order valence-corrected chi connectivity index (χ2v) is 7.80. The summed E-state index contributed by atoms with van der Waals surface area (Å²) in [6.07, 6.45) is 1.03. The Morgan fingerprint density at radius 1 is 0.897 bits per heavy atom. The van der Waals surface area contributed by atoms with Gasteiger partial charge in [0.1, 0.15) is 12.4 Å². The van der Waals surface area contributed by atoms with E-state index in [0.29, 0.717) is 6.61 Å². The maximum Gasteiger partial charge on any atom is 0.191 e. The molecule has 0 aliphatic rings. The normalized spacial score (nSPS) is 11.1. The molecule has 0 unspecified atom stereocenters. The van der Waals surface area contributed by atoms with Gasteiger partial charge in [0, 0.05) is 12.3 Å². The molecule has 0 aliphatic carbocycles. The van der Waals surface area contributed by atoms with Crippen molar-refractivity contribution in [2.45, 2.75) is 44.3 Å². The fourth-order valence-electron chi connectivity index (χ4n) is 3.38. The van der Waals surface area contributed by atoms with Crippen molar-refractivity contribution < 1.29 is 4.74 Å². The van der Waals surface area contributed by atoms with Crippen LogP contribution >= 0.6 is 11.8 Å². The van der Waals surface area contributed by atoms with Crippen LogP contribution in [0, 0.1) is 0 Å².